The van der Waals surface area contributed by atoms with Crippen LogP contribution in [0.2, 0.25) is 0 Å². The van der Waals surface area contributed by atoms with Crippen molar-refractivity contribution >= 4 is 10.0 Å². The zero-order valence-electron chi connectivity index (χ0n) is 9.86. The van der Waals surface area contributed by atoms with Gasteiger partial charge in [-0.25, -0.2) is 8.42 Å². The fourth-order valence-corrected chi connectivity index (χ4v) is 3.69. The van der Waals surface area contributed by atoms with Gasteiger partial charge in [0.2, 0.25) is 10.0 Å². The van der Waals surface area contributed by atoms with Crippen LogP contribution in [0.5, 0.6) is 0 Å². The number of sulfonamides is 1. The molecule has 0 amide bonds. The van der Waals surface area contributed by atoms with Gasteiger partial charge in [0.25, 0.3) is 0 Å². The molecule has 0 saturated carbocycles. The summed E-state index contributed by atoms with van der Waals surface area (Å²) >= 11 is 0. The number of nitrogens with two attached hydrogens (primary N) is 1. The monoisotopic (exact) mass is 234 g/mol. The summed E-state index contributed by atoms with van der Waals surface area (Å²) in [5.74, 6) is 0.212. The molecular formula is C10H22N2O2S. The molecular weight excluding hydrogens is 212 g/mol. The summed E-state index contributed by atoms with van der Waals surface area (Å²) in [6.07, 6.45) is 2.05. The van der Waals surface area contributed by atoms with Crippen LogP contribution in [0.3, 0.4) is 0 Å². The molecule has 15 heavy (non-hydrogen) atoms. The molecule has 2 N–H and O–H groups in total. The van der Waals surface area contributed by atoms with Gasteiger partial charge >= 0.3 is 0 Å². The predicted molar refractivity (Wildman–Crippen MR) is 61.8 cm³/mol. The zero-order valence-corrected chi connectivity index (χ0v) is 10.7. The zero-order chi connectivity index (χ0) is 11.7. The van der Waals surface area contributed by atoms with Gasteiger partial charge < -0.3 is 5.73 Å². The van der Waals surface area contributed by atoms with Crippen molar-refractivity contribution in [3.63, 3.8) is 0 Å². The molecule has 0 aromatic rings. The van der Waals surface area contributed by atoms with Crippen LogP contribution < -0.4 is 5.73 Å². The van der Waals surface area contributed by atoms with E-state index in [4.69, 9.17) is 5.73 Å². The number of nitrogens with zero attached hydrogens (tertiary/aromatic N) is 1. The lowest BCUT2D eigenvalue weighted by Crippen LogP contribution is -2.42. The SMILES string of the molecule is CC(C)(C)CCS(=O)(=O)N1CCCC1N. The fraction of sp³-hybridized carbons (Fsp3) is 1.00. The van der Waals surface area contributed by atoms with E-state index in [9.17, 15) is 8.42 Å². The number of hydrogen-bond donors (Lipinski definition) is 1. The van der Waals surface area contributed by atoms with Gasteiger partial charge in [0.05, 0.1) is 11.9 Å². The summed E-state index contributed by atoms with van der Waals surface area (Å²) < 4.78 is 25.3. The van der Waals surface area contributed by atoms with Crippen molar-refractivity contribution in [1.82, 2.24) is 4.31 Å². The lowest BCUT2D eigenvalue weighted by Gasteiger charge is -2.23. The smallest absolute Gasteiger partial charge is 0.215 e. The maximum Gasteiger partial charge on any atom is 0.215 e. The van der Waals surface area contributed by atoms with Gasteiger partial charge in [-0.15, -0.1) is 0 Å². The Hall–Kier alpha value is -0.130. The summed E-state index contributed by atoms with van der Waals surface area (Å²) in [6.45, 7) is 6.74. The molecule has 0 radical (unpaired) electrons. The lowest BCUT2D eigenvalue weighted by molar-refractivity contribution is 0.371. The third-order valence-corrected chi connectivity index (χ3v) is 4.60. The van der Waals surface area contributed by atoms with Crippen LogP contribution >= 0.6 is 0 Å². The topological polar surface area (TPSA) is 63.4 Å². The molecule has 1 atom stereocenters. The van der Waals surface area contributed by atoms with Crippen molar-refractivity contribution in [2.24, 2.45) is 11.1 Å². The van der Waals surface area contributed by atoms with E-state index in [1.165, 1.54) is 4.31 Å². The van der Waals surface area contributed by atoms with E-state index in [1.807, 2.05) is 20.8 Å². The third-order valence-electron chi connectivity index (χ3n) is 2.72. The first kappa shape index (κ1) is 12.9. The molecule has 1 rings (SSSR count). The van der Waals surface area contributed by atoms with Crippen molar-refractivity contribution in [2.75, 3.05) is 12.3 Å². The van der Waals surface area contributed by atoms with Crippen LogP contribution in [0.15, 0.2) is 0 Å². The lowest BCUT2D eigenvalue weighted by atomic mass is 9.94. The molecule has 1 fully saturated rings. The summed E-state index contributed by atoms with van der Waals surface area (Å²) in [7, 11) is -3.13. The van der Waals surface area contributed by atoms with E-state index in [0.717, 1.165) is 12.8 Å². The molecule has 1 unspecified atom stereocenters. The Kier molecular flexibility index (Phi) is 3.79. The van der Waals surface area contributed by atoms with E-state index in [2.05, 4.69) is 0 Å². The minimum atomic E-state index is -3.13. The quantitative estimate of drug-likeness (QED) is 0.796. The van der Waals surface area contributed by atoms with Crippen LogP contribution in [-0.2, 0) is 10.0 Å². The maximum atomic E-state index is 11.9. The molecule has 90 valence electrons. The molecule has 4 nitrogen and oxygen atoms in total. The Morgan fingerprint density at radius 2 is 2.00 bits per heavy atom. The summed E-state index contributed by atoms with van der Waals surface area (Å²) in [4.78, 5) is 0. The summed E-state index contributed by atoms with van der Waals surface area (Å²) in [5.41, 5.74) is 5.80. The minimum Gasteiger partial charge on any atom is -0.315 e. The molecule has 0 bridgehead atoms. The van der Waals surface area contributed by atoms with Gasteiger partial charge in [-0.05, 0) is 24.7 Å². The minimum absolute atomic E-state index is 0.0525. The Morgan fingerprint density at radius 3 is 2.40 bits per heavy atom. The first-order chi connectivity index (χ1) is 6.72. The van der Waals surface area contributed by atoms with Gasteiger partial charge in [0, 0.05) is 6.54 Å². The summed E-state index contributed by atoms with van der Waals surface area (Å²) in [5, 5.41) is 0. The van der Waals surface area contributed by atoms with E-state index in [1.54, 1.807) is 0 Å². The van der Waals surface area contributed by atoms with Gasteiger partial charge in [-0.2, -0.15) is 4.31 Å². The van der Waals surface area contributed by atoms with Crippen LogP contribution in [0, 0.1) is 5.41 Å². The number of hydrogen-bond acceptors (Lipinski definition) is 3. The van der Waals surface area contributed by atoms with Crippen molar-refractivity contribution in [3.8, 4) is 0 Å². The van der Waals surface area contributed by atoms with Gasteiger partial charge in [-0.1, -0.05) is 20.8 Å². The van der Waals surface area contributed by atoms with Gasteiger partial charge in [0.1, 0.15) is 0 Å². The Bertz CT molecular complexity index is 306. The Labute approximate surface area is 92.9 Å². The molecule has 1 heterocycles. The average molecular weight is 234 g/mol. The summed E-state index contributed by atoms with van der Waals surface area (Å²) in [6, 6.07) is 0. The number of rotatable bonds is 3. The second-order valence-electron chi connectivity index (χ2n) is 5.45. The highest BCUT2D eigenvalue weighted by Gasteiger charge is 2.32. The highest BCUT2D eigenvalue weighted by molar-refractivity contribution is 7.89. The second kappa shape index (κ2) is 4.39. The molecule has 0 aromatic carbocycles. The second-order valence-corrected chi connectivity index (χ2v) is 7.49. The van der Waals surface area contributed by atoms with Gasteiger partial charge in [-0.3, -0.25) is 0 Å². The largest absolute Gasteiger partial charge is 0.315 e. The average Bonchev–Trinajstić information content (AvgIpc) is 2.47. The van der Waals surface area contributed by atoms with Crippen molar-refractivity contribution in [3.05, 3.63) is 0 Å². The third kappa shape index (κ3) is 3.74. The predicted octanol–water partition coefficient (Wildman–Crippen LogP) is 1.13. The highest BCUT2D eigenvalue weighted by atomic mass is 32.2. The first-order valence-corrected chi connectivity index (χ1v) is 7.08. The van der Waals surface area contributed by atoms with E-state index < -0.39 is 10.0 Å². The molecule has 5 heteroatoms. The Morgan fingerprint density at radius 1 is 1.40 bits per heavy atom. The molecule has 0 aliphatic carbocycles. The normalized spacial score (nSPS) is 24.7. The van der Waals surface area contributed by atoms with Crippen LogP contribution in [0.4, 0.5) is 0 Å². The van der Waals surface area contributed by atoms with Crippen LogP contribution in [0.25, 0.3) is 0 Å². The van der Waals surface area contributed by atoms with Crippen LogP contribution in [0.1, 0.15) is 40.0 Å². The highest BCUT2D eigenvalue weighted by Crippen LogP contribution is 2.23. The van der Waals surface area contributed by atoms with E-state index in [0.29, 0.717) is 13.0 Å². The fourth-order valence-electron chi connectivity index (χ4n) is 1.66. The standard InChI is InChI=1S/C10H22N2O2S/c1-10(2,3)6-8-15(13,14)12-7-4-5-9(12)11/h9H,4-8,11H2,1-3H3. The van der Waals surface area contributed by atoms with Crippen molar-refractivity contribution < 1.29 is 8.42 Å². The van der Waals surface area contributed by atoms with E-state index >= 15 is 0 Å². The molecule has 0 aromatic heterocycles. The molecule has 1 aliphatic heterocycles. The molecule has 1 aliphatic rings. The molecule has 0 spiro atoms. The Balaban J connectivity index is 2.59. The van der Waals surface area contributed by atoms with E-state index in [-0.39, 0.29) is 17.3 Å². The van der Waals surface area contributed by atoms with Crippen molar-refractivity contribution in [1.29, 1.82) is 0 Å². The maximum absolute atomic E-state index is 11.9. The first-order valence-electron chi connectivity index (χ1n) is 5.47. The van der Waals surface area contributed by atoms with Crippen molar-refractivity contribution in [2.45, 2.75) is 46.2 Å². The molecule has 1 saturated heterocycles. The van der Waals surface area contributed by atoms with Gasteiger partial charge in [0.15, 0.2) is 0 Å². The van der Waals surface area contributed by atoms with Crippen LogP contribution in [-0.4, -0.2) is 31.2 Å².